The van der Waals surface area contributed by atoms with Crippen LogP contribution in [0, 0.1) is 17.1 Å². The molecule has 1 aromatic carbocycles. The van der Waals surface area contributed by atoms with Gasteiger partial charge in [0.1, 0.15) is 11.4 Å². The van der Waals surface area contributed by atoms with Gasteiger partial charge in [-0.25, -0.2) is 4.39 Å². The van der Waals surface area contributed by atoms with Gasteiger partial charge in [-0.15, -0.1) is 10.2 Å². The van der Waals surface area contributed by atoms with Crippen molar-refractivity contribution in [1.82, 2.24) is 15.1 Å². The zero-order chi connectivity index (χ0) is 17.0. The Kier molecular flexibility index (Phi) is 5.01. The van der Waals surface area contributed by atoms with Crippen molar-refractivity contribution >= 4 is 17.7 Å². The first-order chi connectivity index (χ1) is 10.8. The fourth-order valence-electron chi connectivity index (χ4n) is 1.62. The molecule has 8 heteroatoms. The smallest absolute Gasteiger partial charge is 0.277 e. The van der Waals surface area contributed by atoms with Crippen LogP contribution in [-0.4, -0.2) is 39.3 Å². The molecule has 23 heavy (non-hydrogen) atoms. The van der Waals surface area contributed by atoms with Gasteiger partial charge in [0.25, 0.3) is 11.1 Å². The third kappa shape index (κ3) is 3.87. The second-order valence-electron chi connectivity index (χ2n) is 5.27. The van der Waals surface area contributed by atoms with Gasteiger partial charge < -0.3 is 9.32 Å². The van der Waals surface area contributed by atoms with Gasteiger partial charge in [0, 0.05) is 7.05 Å². The van der Waals surface area contributed by atoms with Crippen LogP contribution in [0.5, 0.6) is 0 Å². The quantitative estimate of drug-likeness (QED) is 0.782. The summed E-state index contributed by atoms with van der Waals surface area (Å²) < 4.78 is 19.0. The molecule has 6 nitrogen and oxygen atoms in total. The number of aromatic nitrogens is 2. The third-order valence-electron chi connectivity index (χ3n) is 3.32. The SMILES string of the molecule is CN(C(=O)CSc1nnc(-c2ccccc2F)o1)C(C)(C)C#N. The van der Waals surface area contributed by atoms with Crippen molar-refractivity contribution in [1.29, 1.82) is 5.26 Å². The number of rotatable bonds is 5. The number of carbonyl (C=O) groups excluding carboxylic acids is 1. The molecule has 0 fully saturated rings. The zero-order valence-corrected chi connectivity index (χ0v) is 13.7. The van der Waals surface area contributed by atoms with E-state index in [2.05, 4.69) is 16.3 Å². The molecule has 2 aromatic rings. The van der Waals surface area contributed by atoms with Crippen molar-refractivity contribution in [3.63, 3.8) is 0 Å². The summed E-state index contributed by atoms with van der Waals surface area (Å²) in [7, 11) is 1.56. The van der Waals surface area contributed by atoms with E-state index in [0.29, 0.717) is 0 Å². The first-order valence-corrected chi connectivity index (χ1v) is 7.73. The van der Waals surface area contributed by atoms with E-state index in [1.807, 2.05) is 0 Å². The standard InChI is InChI=1S/C15H15FN4O2S/c1-15(2,9-17)20(3)12(21)8-23-14-19-18-13(22-14)10-6-4-5-7-11(10)16/h4-7H,8H2,1-3H3. The highest BCUT2D eigenvalue weighted by molar-refractivity contribution is 7.99. The van der Waals surface area contributed by atoms with Crippen LogP contribution in [-0.2, 0) is 4.79 Å². The highest BCUT2D eigenvalue weighted by Gasteiger charge is 2.27. The van der Waals surface area contributed by atoms with E-state index in [-0.39, 0.29) is 28.3 Å². The van der Waals surface area contributed by atoms with E-state index in [9.17, 15) is 9.18 Å². The van der Waals surface area contributed by atoms with E-state index in [4.69, 9.17) is 9.68 Å². The lowest BCUT2D eigenvalue weighted by Gasteiger charge is -2.28. The first kappa shape index (κ1) is 17.0. The Bertz CT molecular complexity index is 754. The Labute approximate surface area is 137 Å². The molecule has 1 heterocycles. The highest BCUT2D eigenvalue weighted by atomic mass is 32.2. The second kappa shape index (κ2) is 6.79. The number of benzene rings is 1. The van der Waals surface area contributed by atoms with Gasteiger partial charge in [-0.1, -0.05) is 23.9 Å². The van der Waals surface area contributed by atoms with Gasteiger partial charge in [-0.2, -0.15) is 5.26 Å². The summed E-state index contributed by atoms with van der Waals surface area (Å²) in [5, 5.41) is 16.8. The molecule has 0 spiro atoms. The van der Waals surface area contributed by atoms with Crippen molar-refractivity contribution in [2.75, 3.05) is 12.8 Å². The summed E-state index contributed by atoms with van der Waals surface area (Å²) in [5.41, 5.74) is -0.689. The molecule has 0 aliphatic carbocycles. The maximum atomic E-state index is 13.6. The van der Waals surface area contributed by atoms with Crippen molar-refractivity contribution < 1.29 is 13.6 Å². The maximum Gasteiger partial charge on any atom is 0.277 e. The number of halogens is 1. The van der Waals surface area contributed by atoms with Gasteiger partial charge >= 0.3 is 0 Å². The van der Waals surface area contributed by atoms with Crippen molar-refractivity contribution in [3.05, 3.63) is 30.1 Å². The van der Waals surface area contributed by atoms with Gasteiger partial charge in [-0.05, 0) is 26.0 Å². The maximum absolute atomic E-state index is 13.6. The van der Waals surface area contributed by atoms with Crippen LogP contribution < -0.4 is 0 Å². The average molecular weight is 334 g/mol. The Morgan fingerprint density at radius 1 is 1.43 bits per heavy atom. The molecule has 0 unspecified atom stereocenters. The summed E-state index contributed by atoms with van der Waals surface area (Å²) in [5.74, 6) is -0.601. The van der Waals surface area contributed by atoms with E-state index >= 15 is 0 Å². The van der Waals surface area contributed by atoms with Crippen molar-refractivity contribution in [2.24, 2.45) is 0 Å². The molecule has 0 aliphatic rings. The van der Waals surface area contributed by atoms with Crippen LogP contribution >= 0.6 is 11.8 Å². The van der Waals surface area contributed by atoms with E-state index < -0.39 is 11.4 Å². The lowest BCUT2D eigenvalue weighted by Crippen LogP contribution is -2.44. The Morgan fingerprint density at radius 3 is 2.78 bits per heavy atom. The normalized spacial score (nSPS) is 11.1. The molecule has 2 rings (SSSR count). The van der Waals surface area contributed by atoms with Crippen LogP contribution in [0.15, 0.2) is 33.9 Å². The Morgan fingerprint density at radius 2 is 2.13 bits per heavy atom. The fraction of sp³-hybridized carbons (Fsp3) is 0.333. The number of nitriles is 1. The number of hydrogen-bond donors (Lipinski definition) is 0. The predicted octanol–water partition coefficient (Wildman–Crippen LogP) is 2.73. The fourth-order valence-corrected chi connectivity index (χ4v) is 2.30. The molecule has 1 aromatic heterocycles. The number of carbonyl (C=O) groups is 1. The van der Waals surface area contributed by atoms with Gasteiger partial charge in [0.15, 0.2) is 0 Å². The molecule has 0 bridgehead atoms. The number of hydrogen-bond acceptors (Lipinski definition) is 6. The van der Waals surface area contributed by atoms with Crippen LogP contribution in [0.25, 0.3) is 11.5 Å². The van der Waals surface area contributed by atoms with Crippen LogP contribution in [0.3, 0.4) is 0 Å². The largest absolute Gasteiger partial charge is 0.411 e. The Hall–Kier alpha value is -2.40. The minimum atomic E-state index is -0.898. The molecule has 0 saturated carbocycles. The molecule has 0 N–H and O–H groups in total. The van der Waals surface area contributed by atoms with Crippen LogP contribution in [0.4, 0.5) is 4.39 Å². The third-order valence-corrected chi connectivity index (χ3v) is 4.12. The second-order valence-corrected chi connectivity index (χ2v) is 6.19. The number of amides is 1. The monoisotopic (exact) mass is 334 g/mol. The topological polar surface area (TPSA) is 83.0 Å². The number of thioether (sulfide) groups is 1. The molecule has 0 saturated heterocycles. The molecule has 0 radical (unpaired) electrons. The van der Waals surface area contributed by atoms with Gasteiger partial charge in [0.05, 0.1) is 17.4 Å². The first-order valence-electron chi connectivity index (χ1n) is 6.74. The minimum Gasteiger partial charge on any atom is -0.411 e. The zero-order valence-electron chi connectivity index (χ0n) is 12.9. The van der Waals surface area contributed by atoms with Crippen LogP contribution in [0.1, 0.15) is 13.8 Å². The molecule has 120 valence electrons. The predicted molar refractivity (Wildman–Crippen MR) is 82.9 cm³/mol. The van der Waals surface area contributed by atoms with Gasteiger partial charge in [0.2, 0.25) is 5.91 Å². The molecule has 0 aliphatic heterocycles. The summed E-state index contributed by atoms with van der Waals surface area (Å²) in [6.45, 7) is 3.30. The summed E-state index contributed by atoms with van der Waals surface area (Å²) in [4.78, 5) is 13.4. The van der Waals surface area contributed by atoms with Gasteiger partial charge in [-0.3, -0.25) is 4.79 Å². The number of nitrogens with zero attached hydrogens (tertiary/aromatic N) is 4. The Balaban J connectivity index is 2.02. The van der Waals surface area contributed by atoms with Crippen molar-refractivity contribution in [3.8, 4) is 17.5 Å². The minimum absolute atomic E-state index is 0.0422. The summed E-state index contributed by atoms with van der Waals surface area (Å²) in [6, 6.07) is 8.12. The lowest BCUT2D eigenvalue weighted by atomic mass is 10.1. The van der Waals surface area contributed by atoms with E-state index in [0.717, 1.165) is 11.8 Å². The van der Waals surface area contributed by atoms with Crippen LogP contribution in [0.2, 0.25) is 0 Å². The molecule has 1 amide bonds. The van der Waals surface area contributed by atoms with E-state index in [1.165, 1.54) is 17.0 Å². The lowest BCUT2D eigenvalue weighted by molar-refractivity contribution is -0.130. The average Bonchev–Trinajstić information content (AvgIpc) is 3.01. The highest BCUT2D eigenvalue weighted by Crippen LogP contribution is 2.25. The molecular formula is C15H15FN4O2S. The molecule has 0 atom stereocenters. The van der Waals surface area contributed by atoms with Crippen molar-refractivity contribution in [2.45, 2.75) is 24.6 Å². The summed E-state index contributed by atoms with van der Waals surface area (Å²) >= 11 is 1.04. The van der Waals surface area contributed by atoms with E-state index in [1.54, 1.807) is 33.0 Å². The molecular weight excluding hydrogens is 319 g/mol. The summed E-state index contributed by atoms with van der Waals surface area (Å²) in [6.07, 6.45) is 0.